The Morgan fingerprint density at radius 2 is 1.93 bits per heavy atom. The fourth-order valence-corrected chi connectivity index (χ4v) is 4.11. The van der Waals surface area contributed by atoms with Crippen LogP contribution in [0.1, 0.15) is 18.1 Å². The normalized spacial score (nSPS) is 13.8. The van der Waals surface area contributed by atoms with Crippen LogP contribution >= 0.6 is 15.9 Å². The number of ether oxygens (including phenoxy) is 1. The van der Waals surface area contributed by atoms with E-state index in [4.69, 9.17) is 9.88 Å². The SMILES string of the molecule is COC[C@@H](Nc1nc(Nc2cc(C)c(S(N)(=O)=O)c(C)c2)ncc1Br)[C@@H](C)O. The minimum Gasteiger partial charge on any atom is -0.391 e. The summed E-state index contributed by atoms with van der Waals surface area (Å²) in [5, 5.41) is 21.3. The number of rotatable bonds is 8. The molecular formula is C17H24BrN5O4S. The fourth-order valence-electron chi connectivity index (χ4n) is 2.79. The van der Waals surface area contributed by atoms with Gasteiger partial charge in [0, 0.05) is 19.0 Å². The Morgan fingerprint density at radius 1 is 1.32 bits per heavy atom. The van der Waals surface area contributed by atoms with Crippen LogP contribution in [-0.2, 0) is 14.8 Å². The van der Waals surface area contributed by atoms with Crippen LogP contribution in [0.25, 0.3) is 0 Å². The Morgan fingerprint density at radius 3 is 2.43 bits per heavy atom. The van der Waals surface area contributed by atoms with Crippen LogP contribution in [0.5, 0.6) is 0 Å². The monoisotopic (exact) mass is 473 g/mol. The number of aryl methyl sites for hydroxylation is 2. The molecule has 9 nitrogen and oxygen atoms in total. The summed E-state index contributed by atoms with van der Waals surface area (Å²) in [4.78, 5) is 8.74. The van der Waals surface area contributed by atoms with E-state index in [1.54, 1.807) is 46.2 Å². The quantitative estimate of drug-likeness (QED) is 0.456. The molecule has 0 amide bonds. The molecule has 5 N–H and O–H groups in total. The van der Waals surface area contributed by atoms with Gasteiger partial charge in [-0.1, -0.05) is 0 Å². The van der Waals surface area contributed by atoms with Gasteiger partial charge in [-0.3, -0.25) is 0 Å². The maximum Gasteiger partial charge on any atom is 0.238 e. The smallest absolute Gasteiger partial charge is 0.238 e. The van der Waals surface area contributed by atoms with E-state index < -0.39 is 16.1 Å². The van der Waals surface area contributed by atoms with Gasteiger partial charge >= 0.3 is 0 Å². The van der Waals surface area contributed by atoms with E-state index in [1.807, 2.05) is 0 Å². The molecule has 0 aliphatic carbocycles. The Kier molecular flexibility index (Phi) is 7.34. The molecule has 2 atom stereocenters. The van der Waals surface area contributed by atoms with Gasteiger partial charge in [-0.25, -0.2) is 18.5 Å². The van der Waals surface area contributed by atoms with Crippen molar-refractivity contribution in [3.05, 3.63) is 33.9 Å². The second-order valence-electron chi connectivity index (χ2n) is 6.45. The summed E-state index contributed by atoms with van der Waals surface area (Å²) in [6.45, 7) is 5.30. The van der Waals surface area contributed by atoms with Crippen molar-refractivity contribution in [2.75, 3.05) is 24.4 Å². The summed E-state index contributed by atoms with van der Waals surface area (Å²) in [6, 6.07) is 2.96. The number of benzene rings is 1. The van der Waals surface area contributed by atoms with Crippen molar-refractivity contribution in [1.82, 2.24) is 9.97 Å². The molecule has 2 rings (SSSR count). The van der Waals surface area contributed by atoms with Crippen molar-refractivity contribution >= 4 is 43.4 Å². The first-order chi connectivity index (χ1) is 13.0. The number of primary sulfonamides is 1. The molecule has 0 bridgehead atoms. The minimum atomic E-state index is -3.80. The molecule has 0 radical (unpaired) electrons. The third kappa shape index (κ3) is 5.61. The average Bonchev–Trinajstić information content (AvgIpc) is 2.55. The third-order valence-electron chi connectivity index (χ3n) is 4.00. The highest BCUT2D eigenvalue weighted by atomic mass is 79.9. The first kappa shape index (κ1) is 22.5. The zero-order valence-corrected chi connectivity index (χ0v) is 18.4. The van der Waals surface area contributed by atoms with Crippen LogP contribution in [0.2, 0.25) is 0 Å². The molecule has 0 aliphatic rings. The maximum absolute atomic E-state index is 11.7. The van der Waals surface area contributed by atoms with Crippen molar-refractivity contribution < 1.29 is 18.3 Å². The van der Waals surface area contributed by atoms with E-state index in [0.29, 0.717) is 39.7 Å². The number of nitrogens with two attached hydrogens (primary N) is 1. The van der Waals surface area contributed by atoms with Crippen molar-refractivity contribution in [3.8, 4) is 0 Å². The predicted molar refractivity (Wildman–Crippen MR) is 111 cm³/mol. The summed E-state index contributed by atoms with van der Waals surface area (Å²) in [5.74, 6) is 0.782. The van der Waals surface area contributed by atoms with Crippen molar-refractivity contribution in [3.63, 3.8) is 0 Å². The number of nitrogens with zero attached hydrogens (tertiary/aromatic N) is 2. The van der Waals surface area contributed by atoms with Crippen LogP contribution in [0.3, 0.4) is 0 Å². The molecule has 0 aliphatic heterocycles. The van der Waals surface area contributed by atoms with Crippen LogP contribution in [0.15, 0.2) is 27.7 Å². The van der Waals surface area contributed by atoms with Crippen molar-refractivity contribution in [2.24, 2.45) is 5.14 Å². The summed E-state index contributed by atoms with van der Waals surface area (Å²) in [6.07, 6.45) is 0.913. The maximum atomic E-state index is 11.7. The number of methoxy groups -OCH3 is 1. The molecular weight excluding hydrogens is 450 g/mol. The van der Waals surface area contributed by atoms with E-state index in [0.717, 1.165) is 0 Å². The second kappa shape index (κ2) is 9.14. The first-order valence-corrected chi connectivity index (χ1v) is 10.7. The van der Waals surface area contributed by atoms with Gasteiger partial charge in [0.1, 0.15) is 5.82 Å². The summed E-state index contributed by atoms with van der Waals surface area (Å²) >= 11 is 3.38. The lowest BCUT2D eigenvalue weighted by Crippen LogP contribution is -2.36. The van der Waals surface area contributed by atoms with Gasteiger partial charge in [0.05, 0.1) is 28.1 Å². The van der Waals surface area contributed by atoms with Gasteiger partial charge in [0.25, 0.3) is 0 Å². The lowest BCUT2D eigenvalue weighted by molar-refractivity contribution is 0.106. The number of sulfonamides is 1. The summed E-state index contributed by atoms with van der Waals surface area (Å²) in [5.41, 5.74) is 1.67. The molecule has 154 valence electrons. The first-order valence-electron chi connectivity index (χ1n) is 8.40. The fraction of sp³-hybridized carbons (Fsp3) is 0.412. The number of aliphatic hydroxyl groups excluding tert-OH is 1. The van der Waals surface area contributed by atoms with Gasteiger partial charge in [0.15, 0.2) is 0 Å². The average molecular weight is 474 g/mol. The van der Waals surface area contributed by atoms with Gasteiger partial charge in [-0.2, -0.15) is 4.98 Å². The molecule has 0 saturated heterocycles. The molecule has 1 aromatic heterocycles. The lowest BCUT2D eigenvalue weighted by Gasteiger charge is -2.22. The zero-order chi connectivity index (χ0) is 21.1. The molecule has 0 fully saturated rings. The van der Waals surface area contributed by atoms with Gasteiger partial charge in [-0.05, 0) is 60.0 Å². The van der Waals surface area contributed by atoms with Crippen LogP contribution in [0.4, 0.5) is 17.5 Å². The molecule has 0 saturated carbocycles. The zero-order valence-electron chi connectivity index (χ0n) is 16.0. The highest BCUT2D eigenvalue weighted by Crippen LogP contribution is 2.27. The predicted octanol–water partition coefficient (Wildman–Crippen LogP) is 2.05. The molecule has 0 spiro atoms. The van der Waals surface area contributed by atoms with E-state index in [1.165, 1.54) is 0 Å². The van der Waals surface area contributed by atoms with Crippen molar-refractivity contribution in [1.29, 1.82) is 0 Å². The largest absolute Gasteiger partial charge is 0.391 e. The highest BCUT2D eigenvalue weighted by Gasteiger charge is 2.18. The van der Waals surface area contributed by atoms with Crippen LogP contribution in [-0.4, -0.2) is 49.4 Å². The number of anilines is 3. The third-order valence-corrected chi connectivity index (χ3v) is 5.79. The molecule has 11 heteroatoms. The Labute approximate surface area is 172 Å². The number of nitrogens with one attached hydrogen (secondary N) is 2. The number of aliphatic hydroxyl groups is 1. The standard InChI is InChI=1S/C17H24BrN5O4S/c1-9-5-12(6-10(2)15(9)28(19,25)26)21-17-20-7-13(18)16(23-17)22-14(8-27-4)11(3)24/h5-7,11,14,24H,8H2,1-4H3,(H2,19,25,26)(H2,20,21,22,23)/t11-,14-/m1/s1. The van der Waals surface area contributed by atoms with E-state index in [-0.39, 0.29) is 10.9 Å². The van der Waals surface area contributed by atoms with E-state index in [9.17, 15) is 13.5 Å². The Balaban J connectivity index is 2.31. The lowest BCUT2D eigenvalue weighted by atomic mass is 10.1. The topological polar surface area (TPSA) is 139 Å². The highest BCUT2D eigenvalue weighted by molar-refractivity contribution is 9.10. The van der Waals surface area contributed by atoms with E-state index >= 15 is 0 Å². The molecule has 1 aromatic carbocycles. The van der Waals surface area contributed by atoms with Crippen molar-refractivity contribution in [2.45, 2.75) is 37.8 Å². The minimum absolute atomic E-state index is 0.108. The molecule has 28 heavy (non-hydrogen) atoms. The Bertz CT molecular complexity index is 930. The van der Waals surface area contributed by atoms with Crippen LogP contribution < -0.4 is 15.8 Å². The number of halogens is 1. The van der Waals surface area contributed by atoms with Crippen LogP contribution in [0, 0.1) is 13.8 Å². The number of hydrogen-bond acceptors (Lipinski definition) is 8. The summed E-state index contributed by atoms with van der Waals surface area (Å²) < 4.78 is 29.2. The molecule has 0 unspecified atom stereocenters. The molecule has 1 heterocycles. The van der Waals surface area contributed by atoms with Gasteiger partial charge < -0.3 is 20.5 Å². The van der Waals surface area contributed by atoms with Gasteiger partial charge in [-0.15, -0.1) is 0 Å². The number of aromatic nitrogens is 2. The van der Waals surface area contributed by atoms with Gasteiger partial charge in [0.2, 0.25) is 16.0 Å². The second-order valence-corrected chi connectivity index (χ2v) is 8.80. The molecule has 2 aromatic rings. The van der Waals surface area contributed by atoms with E-state index in [2.05, 4.69) is 36.5 Å². The summed E-state index contributed by atoms with van der Waals surface area (Å²) in [7, 11) is -2.25. The number of hydrogen-bond donors (Lipinski definition) is 4. The Hall–Kier alpha value is -1.79.